The minimum absolute atomic E-state index is 0.502. The third-order valence-electron chi connectivity index (χ3n) is 3.95. The Bertz CT molecular complexity index is 929. The largest absolute Gasteiger partial charge is 0.369 e. The lowest BCUT2D eigenvalue weighted by molar-refractivity contribution is 0.882. The molecule has 0 amide bonds. The summed E-state index contributed by atoms with van der Waals surface area (Å²) in [7, 11) is 0. The zero-order valence-electron chi connectivity index (χ0n) is 12.3. The standard InChI is InChI=1S/C17H11Cl4N3/c18-9-6-10(19)8-11(7-9)24-17-13(4-5-22-17)16(23-24)12-2-1-3-14(20)15(12)21/h1-3,6-8,22H,4-5H2. The molecule has 3 nitrogen and oxygen atoms in total. The second kappa shape index (κ2) is 6.16. The number of benzene rings is 2. The van der Waals surface area contributed by atoms with Crippen molar-refractivity contribution in [1.29, 1.82) is 0 Å². The molecule has 0 unspecified atom stereocenters. The number of rotatable bonds is 2. The van der Waals surface area contributed by atoms with Crippen LogP contribution in [0.25, 0.3) is 16.9 Å². The Balaban J connectivity index is 1.94. The van der Waals surface area contributed by atoms with Gasteiger partial charge in [0.15, 0.2) is 0 Å². The van der Waals surface area contributed by atoms with Crippen molar-refractivity contribution in [1.82, 2.24) is 9.78 Å². The Kier molecular flexibility index (Phi) is 4.13. The molecule has 0 atom stereocenters. The minimum Gasteiger partial charge on any atom is -0.369 e. The molecule has 0 spiro atoms. The molecular formula is C17H11Cl4N3. The van der Waals surface area contributed by atoms with Crippen molar-refractivity contribution in [2.75, 3.05) is 11.9 Å². The maximum Gasteiger partial charge on any atom is 0.133 e. The van der Waals surface area contributed by atoms with Crippen molar-refractivity contribution in [3.63, 3.8) is 0 Å². The molecule has 0 aliphatic carbocycles. The van der Waals surface area contributed by atoms with Crippen LogP contribution in [0.1, 0.15) is 5.56 Å². The second-order valence-electron chi connectivity index (χ2n) is 5.49. The Morgan fingerprint density at radius 3 is 2.50 bits per heavy atom. The quantitative estimate of drug-likeness (QED) is 0.563. The van der Waals surface area contributed by atoms with E-state index in [-0.39, 0.29) is 0 Å². The topological polar surface area (TPSA) is 29.9 Å². The molecule has 0 bridgehead atoms. The van der Waals surface area contributed by atoms with Gasteiger partial charge in [0, 0.05) is 27.7 Å². The lowest BCUT2D eigenvalue weighted by Gasteiger charge is -2.08. The van der Waals surface area contributed by atoms with Gasteiger partial charge in [0.1, 0.15) is 5.82 Å². The zero-order valence-corrected chi connectivity index (χ0v) is 15.3. The first kappa shape index (κ1) is 16.1. The summed E-state index contributed by atoms with van der Waals surface area (Å²) in [5.74, 6) is 0.930. The summed E-state index contributed by atoms with van der Waals surface area (Å²) in [6.07, 6.45) is 0.863. The van der Waals surface area contributed by atoms with E-state index in [0.29, 0.717) is 20.1 Å². The molecule has 7 heteroatoms. The summed E-state index contributed by atoms with van der Waals surface area (Å²) in [5.41, 5.74) is 3.53. The van der Waals surface area contributed by atoms with Crippen LogP contribution in [0.15, 0.2) is 36.4 Å². The predicted molar refractivity (Wildman–Crippen MR) is 101 cm³/mol. The highest BCUT2D eigenvalue weighted by Crippen LogP contribution is 2.40. The van der Waals surface area contributed by atoms with E-state index in [1.54, 1.807) is 12.1 Å². The van der Waals surface area contributed by atoms with Gasteiger partial charge in [0.25, 0.3) is 0 Å². The lowest BCUT2D eigenvalue weighted by atomic mass is 10.1. The number of fused-ring (bicyclic) bond motifs is 1. The third-order valence-corrected chi connectivity index (χ3v) is 5.20. The third kappa shape index (κ3) is 2.66. The fourth-order valence-electron chi connectivity index (χ4n) is 2.93. The minimum atomic E-state index is 0.502. The van der Waals surface area contributed by atoms with Gasteiger partial charge < -0.3 is 5.32 Å². The van der Waals surface area contributed by atoms with Crippen LogP contribution < -0.4 is 5.32 Å². The van der Waals surface area contributed by atoms with Gasteiger partial charge in [-0.1, -0.05) is 58.5 Å². The Morgan fingerprint density at radius 1 is 1.00 bits per heavy atom. The summed E-state index contributed by atoms with van der Waals surface area (Å²) in [4.78, 5) is 0. The SMILES string of the molecule is Clc1cc(Cl)cc(-n2nc(-c3cccc(Cl)c3Cl)c3c2NCC3)c1. The molecule has 24 heavy (non-hydrogen) atoms. The summed E-state index contributed by atoms with van der Waals surface area (Å²) in [5, 5.41) is 10.2. The lowest BCUT2D eigenvalue weighted by Crippen LogP contribution is -2.04. The van der Waals surface area contributed by atoms with E-state index in [9.17, 15) is 0 Å². The highest BCUT2D eigenvalue weighted by molar-refractivity contribution is 6.43. The molecule has 2 heterocycles. The molecule has 0 saturated heterocycles. The first-order chi connectivity index (χ1) is 11.5. The maximum absolute atomic E-state index is 6.39. The molecule has 3 aromatic rings. The van der Waals surface area contributed by atoms with Crippen molar-refractivity contribution < 1.29 is 0 Å². The number of aromatic nitrogens is 2. The number of anilines is 1. The van der Waals surface area contributed by atoms with Crippen LogP contribution in [0, 0.1) is 0 Å². The average Bonchev–Trinajstić information content (AvgIpc) is 3.11. The van der Waals surface area contributed by atoms with Crippen LogP contribution >= 0.6 is 46.4 Å². The second-order valence-corrected chi connectivity index (χ2v) is 7.15. The monoisotopic (exact) mass is 397 g/mol. The first-order valence-corrected chi connectivity index (χ1v) is 8.82. The van der Waals surface area contributed by atoms with Crippen LogP contribution in [0.3, 0.4) is 0 Å². The van der Waals surface area contributed by atoms with Crippen LogP contribution in [0.5, 0.6) is 0 Å². The van der Waals surface area contributed by atoms with Crippen LogP contribution in [0.2, 0.25) is 20.1 Å². The number of hydrogen-bond donors (Lipinski definition) is 1. The van der Waals surface area contributed by atoms with Crippen LogP contribution in [0.4, 0.5) is 5.82 Å². The summed E-state index contributed by atoms with van der Waals surface area (Å²) in [6.45, 7) is 0.840. The maximum atomic E-state index is 6.39. The number of halogens is 4. The van der Waals surface area contributed by atoms with Gasteiger partial charge in [-0.2, -0.15) is 5.10 Å². The molecule has 0 saturated carbocycles. The molecule has 2 aromatic carbocycles. The van der Waals surface area contributed by atoms with Gasteiger partial charge in [-0.15, -0.1) is 0 Å². The van der Waals surface area contributed by atoms with Crippen molar-refractivity contribution in [2.45, 2.75) is 6.42 Å². The van der Waals surface area contributed by atoms with Gasteiger partial charge in [-0.3, -0.25) is 0 Å². The molecular weight excluding hydrogens is 388 g/mol. The Morgan fingerprint density at radius 2 is 1.75 bits per heavy atom. The zero-order chi connectivity index (χ0) is 16.8. The van der Waals surface area contributed by atoms with E-state index < -0.39 is 0 Å². The molecule has 0 radical (unpaired) electrons. The van der Waals surface area contributed by atoms with Gasteiger partial charge in [-0.25, -0.2) is 4.68 Å². The van der Waals surface area contributed by atoms with E-state index >= 15 is 0 Å². The predicted octanol–water partition coefficient (Wildman–Crippen LogP) is 6.12. The van der Waals surface area contributed by atoms with Crippen molar-refractivity contribution >= 4 is 52.2 Å². The van der Waals surface area contributed by atoms with Crippen molar-refractivity contribution in [3.8, 4) is 16.9 Å². The summed E-state index contributed by atoms with van der Waals surface area (Å²) in [6, 6.07) is 10.9. The van der Waals surface area contributed by atoms with E-state index in [1.165, 1.54) is 0 Å². The van der Waals surface area contributed by atoms with Crippen LogP contribution in [-0.4, -0.2) is 16.3 Å². The van der Waals surface area contributed by atoms with E-state index in [0.717, 1.165) is 41.3 Å². The molecule has 1 aromatic heterocycles. The summed E-state index contributed by atoms with van der Waals surface area (Å²) < 4.78 is 1.81. The summed E-state index contributed by atoms with van der Waals surface area (Å²) >= 11 is 24.8. The molecule has 1 aliphatic heterocycles. The van der Waals surface area contributed by atoms with Crippen molar-refractivity contribution in [3.05, 3.63) is 62.1 Å². The molecule has 1 aliphatic rings. The highest BCUT2D eigenvalue weighted by atomic mass is 35.5. The Hall–Kier alpha value is -1.39. The average molecular weight is 399 g/mol. The number of nitrogens with one attached hydrogen (secondary N) is 1. The fraction of sp³-hybridized carbons (Fsp3) is 0.118. The first-order valence-electron chi connectivity index (χ1n) is 7.31. The van der Waals surface area contributed by atoms with E-state index in [1.807, 2.05) is 28.9 Å². The molecule has 0 fully saturated rings. The van der Waals surface area contributed by atoms with Crippen molar-refractivity contribution in [2.24, 2.45) is 0 Å². The van der Waals surface area contributed by atoms with E-state index in [2.05, 4.69) is 5.32 Å². The highest BCUT2D eigenvalue weighted by Gasteiger charge is 2.25. The van der Waals surface area contributed by atoms with Gasteiger partial charge in [0.2, 0.25) is 0 Å². The fourth-order valence-corrected chi connectivity index (χ4v) is 3.83. The molecule has 1 N–H and O–H groups in total. The number of hydrogen-bond acceptors (Lipinski definition) is 2. The van der Waals surface area contributed by atoms with Gasteiger partial charge in [-0.05, 0) is 30.7 Å². The molecule has 122 valence electrons. The van der Waals surface area contributed by atoms with Crippen LogP contribution in [-0.2, 0) is 6.42 Å². The number of nitrogens with zero attached hydrogens (tertiary/aromatic N) is 2. The molecule has 4 rings (SSSR count). The van der Waals surface area contributed by atoms with E-state index in [4.69, 9.17) is 51.5 Å². The van der Waals surface area contributed by atoms with Gasteiger partial charge in [0.05, 0.1) is 21.4 Å². The normalized spacial score (nSPS) is 13.0. The Labute approximate surface area is 159 Å². The van der Waals surface area contributed by atoms with Gasteiger partial charge >= 0.3 is 0 Å². The smallest absolute Gasteiger partial charge is 0.133 e.